The zero-order chi connectivity index (χ0) is 15.1. The molecule has 0 saturated carbocycles. The van der Waals surface area contributed by atoms with Crippen molar-refractivity contribution >= 4 is 11.9 Å². The number of Topliss-reactive ketones (excluding diaryl/α,β-unsaturated/α-hetero) is 1. The van der Waals surface area contributed by atoms with E-state index in [-0.39, 0.29) is 23.7 Å². The van der Waals surface area contributed by atoms with Crippen LogP contribution in [0.1, 0.15) is 41.0 Å². The fourth-order valence-corrected chi connectivity index (χ4v) is 2.82. The highest BCUT2D eigenvalue weighted by atomic mass is 16.6. The van der Waals surface area contributed by atoms with Crippen molar-refractivity contribution in [2.24, 2.45) is 11.8 Å². The molecule has 5 nitrogen and oxygen atoms in total. The van der Waals surface area contributed by atoms with Gasteiger partial charge in [-0.2, -0.15) is 0 Å². The van der Waals surface area contributed by atoms with Gasteiger partial charge in [-0.1, -0.05) is 19.9 Å². The van der Waals surface area contributed by atoms with E-state index < -0.39 is 17.4 Å². The van der Waals surface area contributed by atoms with Crippen LogP contribution in [0.4, 0.5) is 4.79 Å². The molecular weight excluding hydrogens is 258 g/mol. The highest BCUT2D eigenvalue weighted by Gasteiger charge is 2.54. The van der Waals surface area contributed by atoms with E-state index in [0.29, 0.717) is 6.42 Å². The maximum atomic E-state index is 12.4. The van der Waals surface area contributed by atoms with Crippen molar-refractivity contribution < 1.29 is 19.1 Å². The minimum Gasteiger partial charge on any atom is -0.444 e. The van der Waals surface area contributed by atoms with Gasteiger partial charge in [-0.25, -0.2) is 4.79 Å². The van der Waals surface area contributed by atoms with Gasteiger partial charge in [0.25, 0.3) is 0 Å². The number of hydrogen-bond donors (Lipinski definition) is 1. The van der Waals surface area contributed by atoms with E-state index in [1.54, 1.807) is 26.8 Å². The largest absolute Gasteiger partial charge is 0.444 e. The first kappa shape index (κ1) is 15.0. The number of alkyl carbamates (subject to hydrolysis) is 1. The molecule has 0 aromatic rings. The first-order valence-electron chi connectivity index (χ1n) is 7.10. The lowest BCUT2D eigenvalue weighted by atomic mass is 9.81. The summed E-state index contributed by atoms with van der Waals surface area (Å²) in [7, 11) is 0. The summed E-state index contributed by atoms with van der Waals surface area (Å²) in [5.41, 5.74) is -1.64. The maximum Gasteiger partial charge on any atom is 0.410 e. The molecular formula is C15H23NO4. The van der Waals surface area contributed by atoms with E-state index in [4.69, 9.17) is 9.47 Å². The molecule has 2 rings (SSSR count). The molecule has 0 aromatic carbocycles. The standard InChI is InChI=1S/C15H23NO4/c1-6-10-12(17)9(2)11-7-8-15(10,19-11)16-13(18)20-14(3,4)5/h7-11H,6H2,1-5H3,(H,16,18)/t9-,10-,11-,15+/m1/s1. The van der Waals surface area contributed by atoms with Crippen LogP contribution in [0.25, 0.3) is 0 Å². The molecule has 0 aromatic heterocycles. The third-order valence-electron chi connectivity index (χ3n) is 3.77. The van der Waals surface area contributed by atoms with Crippen LogP contribution in [-0.2, 0) is 14.3 Å². The van der Waals surface area contributed by atoms with E-state index >= 15 is 0 Å². The summed E-state index contributed by atoms with van der Waals surface area (Å²) in [6.45, 7) is 9.17. The first-order valence-corrected chi connectivity index (χ1v) is 7.10. The van der Waals surface area contributed by atoms with Gasteiger partial charge in [0, 0.05) is 5.92 Å². The third-order valence-corrected chi connectivity index (χ3v) is 3.77. The van der Waals surface area contributed by atoms with Crippen molar-refractivity contribution in [3.05, 3.63) is 12.2 Å². The maximum absolute atomic E-state index is 12.4. The predicted molar refractivity (Wildman–Crippen MR) is 74.1 cm³/mol. The second-order valence-corrected chi connectivity index (χ2v) is 6.51. The molecule has 1 saturated heterocycles. The summed E-state index contributed by atoms with van der Waals surface area (Å²) < 4.78 is 11.2. The Kier molecular flexibility index (Phi) is 3.67. The Balaban J connectivity index is 2.19. The monoisotopic (exact) mass is 281 g/mol. The lowest BCUT2D eigenvalue weighted by Crippen LogP contribution is -2.61. The molecule has 112 valence electrons. The fourth-order valence-electron chi connectivity index (χ4n) is 2.82. The molecule has 20 heavy (non-hydrogen) atoms. The Bertz CT molecular complexity index is 451. The Morgan fingerprint density at radius 3 is 2.70 bits per heavy atom. The molecule has 0 aliphatic carbocycles. The number of fused-ring (bicyclic) bond motifs is 2. The van der Waals surface area contributed by atoms with Crippen LogP contribution in [-0.4, -0.2) is 29.3 Å². The van der Waals surface area contributed by atoms with E-state index in [0.717, 1.165) is 0 Å². The summed E-state index contributed by atoms with van der Waals surface area (Å²) in [6, 6.07) is 0. The van der Waals surface area contributed by atoms with Crippen molar-refractivity contribution in [3.63, 3.8) is 0 Å². The summed E-state index contributed by atoms with van der Waals surface area (Å²) in [5, 5.41) is 2.74. The van der Waals surface area contributed by atoms with Gasteiger partial charge in [0.05, 0.1) is 12.0 Å². The van der Waals surface area contributed by atoms with Crippen molar-refractivity contribution in [1.29, 1.82) is 0 Å². The minimum atomic E-state index is -1.05. The number of ether oxygens (including phenoxy) is 2. The number of carbonyl (C=O) groups excluding carboxylic acids is 2. The average Bonchev–Trinajstić information content (AvgIpc) is 2.66. The average molecular weight is 281 g/mol. The summed E-state index contributed by atoms with van der Waals surface area (Å²) in [5.74, 6) is -0.419. The number of hydrogen-bond acceptors (Lipinski definition) is 4. The molecule has 5 heteroatoms. The van der Waals surface area contributed by atoms with Crippen LogP contribution in [0.2, 0.25) is 0 Å². The lowest BCUT2D eigenvalue weighted by molar-refractivity contribution is -0.166. The predicted octanol–water partition coefficient (Wildman–Crippen LogP) is 2.41. The van der Waals surface area contributed by atoms with Gasteiger partial charge >= 0.3 is 6.09 Å². The first-order chi connectivity index (χ1) is 9.18. The number of carbonyl (C=O) groups is 2. The van der Waals surface area contributed by atoms with Crippen LogP contribution in [0, 0.1) is 11.8 Å². The van der Waals surface area contributed by atoms with E-state index in [1.807, 2.05) is 19.9 Å². The van der Waals surface area contributed by atoms with Gasteiger partial charge < -0.3 is 9.47 Å². The summed E-state index contributed by atoms with van der Waals surface area (Å²) in [6.07, 6.45) is 3.42. The van der Waals surface area contributed by atoms with Crippen LogP contribution < -0.4 is 5.32 Å². The lowest BCUT2D eigenvalue weighted by Gasteiger charge is -2.42. The second kappa shape index (κ2) is 4.88. The summed E-state index contributed by atoms with van der Waals surface area (Å²) >= 11 is 0. The van der Waals surface area contributed by atoms with E-state index in [1.165, 1.54) is 0 Å². The van der Waals surface area contributed by atoms with Crippen LogP contribution in [0.5, 0.6) is 0 Å². The van der Waals surface area contributed by atoms with Gasteiger partial charge in [0.1, 0.15) is 11.4 Å². The minimum absolute atomic E-state index is 0.129. The second-order valence-electron chi connectivity index (χ2n) is 6.51. The Hall–Kier alpha value is -1.36. The molecule has 2 aliphatic rings. The van der Waals surface area contributed by atoms with Crippen molar-refractivity contribution in [3.8, 4) is 0 Å². The van der Waals surface area contributed by atoms with Crippen molar-refractivity contribution in [2.75, 3.05) is 0 Å². The Labute approximate surface area is 119 Å². The molecule has 0 unspecified atom stereocenters. The molecule has 2 aliphatic heterocycles. The number of amides is 1. The van der Waals surface area contributed by atoms with Crippen molar-refractivity contribution in [1.82, 2.24) is 5.32 Å². The number of rotatable bonds is 2. The smallest absolute Gasteiger partial charge is 0.410 e. The topological polar surface area (TPSA) is 64.6 Å². The molecule has 2 heterocycles. The number of ketones is 1. The van der Waals surface area contributed by atoms with Gasteiger partial charge in [-0.3, -0.25) is 10.1 Å². The molecule has 1 amide bonds. The fraction of sp³-hybridized carbons (Fsp3) is 0.733. The molecule has 1 fully saturated rings. The van der Waals surface area contributed by atoms with Gasteiger partial charge in [-0.05, 0) is 33.3 Å². The van der Waals surface area contributed by atoms with E-state index in [2.05, 4.69) is 5.32 Å². The van der Waals surface area contributed by atoms with Gasteiger partial charge in [0.15, 0.2) is 5.72 Å². The molecule has 2 bridgehead atoms. The third kappa shape index (κ3) is 2.59. The van der Waals surface area contributed by atoms with Gasteiger partial charge in [-0.15, -0.1) is 0 Å². The van der Waals surface area contributed by atoms with Crippen LogP contribution in [0.3, 0.4) is 0 Å². The summed E-state index contributed by atoms with van der Waals surface area (Å²) in [4.78, 5) is 24.4. The molecule has 0 radical (unpaired) electrons. The Morgan fingerprint density at radius 1 is 1.50 bits per heavy atom. The molecule has 0 spiro atoms. The van der Waals surface area contributed by atoms with Gasteiger partial charge in [0.2, 0.25) is 0 Å². The van der Waals surface area contributed by atoms with Crippen molar-refractivity contribution in [2.45, 2.75) is 58.5 Å². The SMILES string of the molecule is CC[C@@H]1C(=O)[C@H](C)[C@H]2C=C[C@]1(NC(=O)OC(C)(C)C)O2. The Morgan fingerprint density at radius 2 is 2.15 bits per heavy atom. The highest BCUT2D eigenvalue weighted by molar-refractivity contribution is 5.87. The highest BCUT2D eigenvalue weighted by Crippen LogP contribution is 2.41. The zero-order valence-electron chi connectivity index (χ0n) is 12.7. The quantitative estimate of drug-likeness (QED) is 0.789. The number of nitrogens with one attached hydrogen (secondary N) is 1. The zero-order valence-corrected chi connectivity index (χ0v) is 12.7. The molecule has 1 N–H and O–H groups in total. The van der Waals surface area contributed by atoms with Crippen LogP contribution in [0.15, 0.2) is 12.2 Å². The molecule has 4 atom stereocenters. The van der Waals surface area contributed by atoms with E-state index in [9.17, 15) is 9.59 Å². The normalized spacial score (nSPS) is 36.0. The van der Waals surface area contributed by atoms with Crippen LogP contribution >= 0.6 is 0 Å².